The fourth-order valence-corrected chi connectivity index (χ4v) is 1.67. The molecule has 0 aromatic carbocycles. The van der Waals surface area contributed by atoms with Crippen LogP contribution in [0.25, 0.3) is 0 Å². The van der Waals surface area contributed by atoms with Gasteiger partial charge in [-0.15, -0.1) is 0 Å². The maximum atomic E-state index is 11.2. The van der Waals surface area contributed by atoms with Gasteiger partial charge in [0.15, 0.2) is 0 Å². The summed E-state index contributed by atoms with van der Waals surface area (Å²) in [6.07, 6.45) is -1.21. The molecule has 14 heavy (non-hydrogen) atoms. The molecule has 0 aromatic heterocycles. The van der Waals surface area contributed by atoms with Gasteiger partial charge in [0.25, 0.3) is 0 Å². The number of carbonyl (C=O) groups is 2. The minimum Gasteiger partial charge on any atom is -0.454 e. The molecule has 0 amide bonds. The molecule has 6 nitrogen and oxygen atoms in total. The Kier molecular flexibility index (Phi) is 1.97. The van der Waals surface area contributed by atoms with Gasteiger partial charge in [0.2, 0.25) is 6.10 Å². The number of ether oxygens (including phenoxy) is 3. The lowest BCUT2D eigenvalue weighted by molar-refractivity contribution is -0.253. The molecule has 2 heterocycles. The highest BCUT2D eigenvalue weighted by Crippen LogP contribution is 2.35. The van der Waals surface area contributed by atoms with Crippen molar-refractivity contribution in [2.75, 3.05) is 6.61 Å². The second-order valence-electron chi connectivity index (χ2n) is 3.31. The summed E-state index contributed by atoms with van der Waals surface area (Å²) in [5, 5.41) is 9.72. The molecule has 0 aliphatic carbocycles. The van der Waals surface area contributed by atoms with E-state index in [1.54, 1.807) is 0 Å². The van der Waals surface area contributed by atoms with Gasteiger partial charge < -0.3 is 19.3 Å². The molecule has 0 saturated carbocycles. The van der Waals surface area contributed by atoms with E-state index in [4.69, 9.17) is 14.2 Å². The Labute approximate surface area is 79.7 Å². The maximum Gasteiger partial charge on any atom is 0.371 e. The summed E-state index contributed by atoms with van der Waals surface area (Å²) in [5.41, 5.74) is 0. The van der Waals surface area contributed by atoms with Crippen molar-refractivity contribution < 1.29 is 28.9 Å². The van der Waals surface area contributed by atoms with Crippen molar-refractivity contribution >= 4 is 11.9 Å². The first kappa shape index (κ1) is 9.42. The van der Waals surface area contributed by atoms with Crippen molar-refractivity contribution in [3.05, 3.63) is 0 Å². The molecule has 0 radical (unpaired) electrons. The van der Waals surface area contributed by atoms with Crippen LogP contribution in [-0.4, -0.2) is 41.6 Å². The van der Waals surface area contributed by atoms with Crippen molar-refractivity contribution in [2.45, 2.75) is 31.3 Å². The third-order valence-electron chi connectivity index (χ3n) is 2.29. The molecule has 0 spiro atoms. The van der Waals surface area contributed by atoms with Crippen molar-refractivity contribution in [3.63, 3.8) is 0 Å². The van der Waals surface area contributed by atoms with E-state index >= 15 is 0 Å². The molecule has 0 unspecified atom stereocenters. The molecule has 6 heteroatoms. The van der Waals surface area contributed by atoms with Gasteiger partial charge in [0.1, 0.15) is 6.10 Å². The maximum absolute atomic E-state index is 11.2. The van der Waals surface area contributed by atoms with Gasteiger partial charge in [-0.25, -0.2) is 4.79 Å². The van der Waals surface area contributed by atoms with E-state index in [1.165, 1.54) is 6.92 Å². The van der Waals surface area contributed by atoms with Crippen LogP contribution in [0.2, 0.25) is 0 Å². The van der Waals surface area contributed by atoms with Crippen LogP contribution in [0.4, 0.5) is 0 Å². The zero-order chi connectivity index (χ0) is 10.3. The molecule has 3 atom stereocenters. The summed E-state index contributed by atoms with van der Waals surface area (Å²) in [5.74, 6) is -3.57. The lowest BCUT2D eigenvalue weighted by Gasteiger charge is -2.30. The largest absolute Gasteiger partial charge is 0.454 e. The van der Waals surface area contributed by atoms with Gasteiger partial charge in [0, 0.05) is 13.3 Å². The van der Waals surface area contributed by atoms with E-state index in [9.17, 15) is 14.7 Å². The highest BCUT2D eigenvalue weighted by atomic mass is 16.7. The lowest BCUT2D eigenvalue weighted by atomic mass is 10.0. The smallest absolute Gasteiger partial charge is 0.371 e. The Morgan fingerprint density at radius 3 is 3.00 bits per heavy atom. The monoisotopic (exact) mass is 202 g/mol. The summed E-state index contributed by atoms with van der Waals surface area (Å²) in [6.45, 7) is 1.41. The second kappa shape index (κ2) is 2.93. The Balaban J connectivity index is 2.24. The van der Waals surface area contributed by atoms with Gasteiger partial charge in [-0.3, -0.25) is 4.79 Å². The molecule has 78 valence electrons. The SMILES string of the molecule is CC(=O)O[C@@H]1[C@@H]2CCO[C@@]1(O)C(=O)O2. The van der Waals surface area contributed by atoms with E-state index in [1.807, 2.05) is 0 Å². The Morgan fingerprint density at radius 2 is 2.43 bits per heavy atom. The molecule has 2 rings (SSSR count). The third-order valence-corrected chi connectivity index (χ3v) is 2.29. The predicted octanol–water partition coefficient (Wildman–Crippen LogP) is -1.05. The number of hydrogen-bond acceptors (Lipinski definition) is 6. The van der Waals surface area contributed by atoms with Crippen LogP contribution in [0.3, 0.4) is 0 Å². The van der Waals surface area contributed by atoms with Crippen LogP contribution in [0, 0.1) is 0 Å². The predicted molar refractivity (Wildman–Crippen MR) is 41.0 cm³/mol. The average molecular weight is 202 g/mol. The van der Waals surface area contributed by atoms with E-state index < -0.39 is 29.9 Å². The summed E-state index contributed by atoms with van der Waals surface area (Å²) in [7, 11) is 0. The van der Waals surface area contributed by atoms with Crippen LogP contribution in [0.15, 0.2) is 0 Å². The minimum atomic E-state index is -2.10. The minimum absolute atomic E-state index is 0.213. The van der Waals surface area contributed by atoms with Crippen molar-refractivity contribution in [1.82, 2.24) is 0 Å². The van der Waals surface area contributed by atoms with Gasteiger partial charge in [0.05, 0.1) is 6.61 Å². The molecule has 2 fully saturated rings. The van der Waals surface area contributed by atoms with E-state index in [0.29, 0.717) is 6.42 Å². The summed E-state index contributed by atoms with van der Waals surface area (Å²) < 4.78 is 14.5. The molecule has 2 aliphatic heterocycles. The van der Waals surface area contributed by atoms with Gasteiger partial charge in [-0.2, -0.15) is 0 Å². The molecule has 0 aromatic rings. The van der Waals surface area contributed by atoms with Crippen molar-refractivity contribution in [1.29, 1.82) is 0 Å². The second-order valence-corrected chi connectivity index (χ2v) is 3.31. The average Bonchev–Trinajstić information content (AvgIpc) is 2.26. The molecule has 2 saturated heterocycles. The molecular weight excluding hydrogens is 192 g/mol. The van der Waals surface area contributed by atoms with Gasteiger partial charge in [-0.1, -0.05) is 0 Å². The standard InChI is InChI=1S/C8H10O6/c1-4(9)13-6-5-2-3-12-8(6,11)7(10)14-5/h5-6,11H,2-3H2,1H3/t5-,6+,8+/m0/s1. The first-order valence-corrected chi connectivity index (χ1v) is 4.28. The van der Waals surface area contributed by atoms with Crippen LogP contribution in [-0.2, 0) is 23.8 Å². The molecule has 2 aliphatic rings. The third kappa shape index (κ3) is 1.18. The topological polar surface area (TPSA) is 82.1 Å². The molecular formula is C8H10O6. The highest BCUT2D eigenvalue weighted by molar-refractivity contribution is 5.82. The number of aliphatic hydroxyl groups is 1. The Morgan fingerprint density at radius 1 is 1.71 bits per heavy atom. The van der Waals surface area contributed by atoms with Gasteiger partial charge in [-0.05, 0) is 0 Å². The van der Waals surface area contributed by atoms with Gasteiger partial charge >= 0.3 is 17.7 Å². The summed E-state index contributed by atoms with van der Waals surface area (Å²) in [4.78, 5) is 21.9. The molecule has 2 bridgehead atoms. The normalized spacial score (nSPS) is 40.6. The van der Waals surface area contributed by atoms with E-state index in [2.05, 4.69) is 0 Å². The Hall–Kier alpha value is -1.14. The number of rotatable bonds is 1. The first-order chi connectivity index (χ1) is 6.54. The number of carbonyl (C=O) groups excluding carboxylic acids is 2. The lowest BCUT2D eigenvalue weighted by Crippen LogP contribution is -2.53. The van der Waals surface area contributed by atoms with Crippen molar-refractivity contribution in [2.24, 2.45) is 0 Å². The number of fused-ring (bicyclic) bond motifs is 2. The number of esters is 2. The number of hydrogen-bond donors (Lipinski definition) is 1. The fourth-order valence-electron chi connectivity index (χ4n) is 1.67. The van der Waals surface area contributed by atoms with Crippen LogP contribution in [0.5, 0.6) is 0 Å². The zero-order valence-corrected chi connectivity index (χ0v) is 7.56. The van der Waals surface area contributed by atoms with Crippen LogP contribution in [0.1, 0.15) is 13.3 Å². The van der Waals surface area contributed by atoms with Crippen LogP contribution >= 0.6 is 0 Å². The summed E-state index contributed by atoms with van der Waals surface area (Å²) >= 11 is 0. The quantitative estimate of drug-likeness (QED) is 0.546. The first-order valence-electron chi connectivity index (χ1n) is 4.28. The highest BCUT2D eigenvalue weighted by Gasteiger charge is 2.62. The Bertz CT molecular complexity index is 288. The van der Waals surface area contributed by atoms with Crippen molar-refractivity contribution in [3.8, 4) is 0 Å². The summed E-state index contributed by atoms with van der Waals surface area (Å²) in [6, 6.07) is 0. The molecule has 1 N–H and O–H groups in total. The zero-order valence-electron chi connectivity index (χ0n) is 7.56. The van der Waals surface area contributed by atoms with Crippen LogP contribution < -0.4 is 0 Å². The van der Waals surface area contributed by atoms with E-state index in [0.717, 1.165) is 0 Å². The fraction of sp³-hybridized carbons (Fsp3) is 0.750. The van der Waals surface area contributed by atoms with E-state index in [-0.39, 0.29) is 6.61 Å².